The third-order valence-electron chi connectivity index (χ3n) is 0. The molecule has 32 valence electrons. The molecule has 0 aliphatic carbocycles. The second-order valence-corrected chi connectivity index (χ2v) is 18.1. The van der Waals surface area contributed by atoms with Crippen molar-refractivity contribution < 1.29 is 7.00 Å². The van der Waals surface area contributed by atoms with Crippen molar-refractivity contribution in [2.75, 3.05) is 0 Å². The molecule has 0 radical (unpaired) electrons. The topological polar surface area (TPSA) is 0 Å². The van der Waals surface area contributed by atoms with E-state index >= 15 is 0 Å². The fourth-order valence-electron chi connectivity index (χ4n) is 0. The minimum absolute atomic E-state index is 2.15. The Labute approximate surface area is 45.5 Å². The third-order valence-corrected chi connectivity index (χ3v) is 0. The summed E-state index contributed by atoms with van der Waals surface area (Å²) >= 11 is 4.29. The van der Waals surface area contributed by atoms with E-state index in [1.807, 2.05) is 0 Å². The van der Waals surface area contributed by atoms with E-state index in [2.05, 4.69) is 28.0 Å². The van der Waals surface area contributed by atoms with Gasteiger partial charge in [-0.2, -0.15) is 0 Å². The summed E-state index contributed by atoms with van der Waals surface area (Å²) in [6.07, 6.45) is 0. The third kappa shape index (κ3) is 32.7. The van der Waals surface area contributed by atoms with Gasteiger partial charge in [0.05, 0.1) is 0 Å². The van der Waals surface area contributed by atoms with Gasteiger partial charge in [-0.1, -0.05) is 0 Å². The molecule has 0 aromatic rings. The summed E-state index contributed by atoms with van der Waals surface area (Å²) < 4.78 is 22.1. The maximum atomic E-state index is 11.0. The molecule has 0 saturated carbocycles. The predicted molar refractivity (Wildman–Crippen MR) is 25.8 cm³/mol. The van der Waals surface area contributed by atoms with E-state index in [1.54, 1.807) is 0 Å². The van der Waals surface area contributed by atoms with Crippen LogP contribution in [0.3, 0.4) is 0 Å². The Kier molecular flexibility index (Phi) is 2.40. The summed E-state index contributed by atoms with van der Waals surface area (Å²) in [4.78, 5) is 0. The monoisotopic (exact) mass is 270 g/mol. The second-order valence-electron chi connectivity index (χ2n) is 0.429. The number of hydrogen-bond acceptors (Lipinski definition) is 0. The van der Waals surface area contributed by atoms with Gasteiger partial charge < -0.3 is 0 Å². The van der Waals surface area contributed by atoms with Gasteiger partial charge in [0.2, 0.25) is 0 Å². The normalized spacial score (nSPS) is 12.0. The molecule has 0 fully saturated rings. The van der Waals surface area contributed by atoms with Crippen LogP contribution < -0.4 is 0 Å². The Morgan fingerprint density at radius 2 is 1.20 bits per heavy atom. The van der Waals surface area contributed by atoms with E-state index in [-0.39, 0.29) is 0 Å². The Bertz CT molecular complexity index is 23.1. The van der Waals surface area contributed by atoms with Crippen LogP contribution in [0.5, 0.6) is 0 Å². The van der Waals surface area contributed by atoms with Crippen molar-refractivity contribution in [1.82, 2.24) is 0 Å². The molecule has 0 aromatic carbocycles. The summed E-state index contributed by atoms with van der Waals surface area (Å²) in [5.74, 6) is 0. The van der Waals surface area contributed by atoms with Crippen LogP contribution in [-0.2, 0) is 0 Å². The summed E-state index contributed by atoms with van der Waals surface area (Å²) in [5.41, 5.74) is 0. The summed E-state index contributed by atoms with van der Waals surface area (Å²) in [6, 6.07) is 0. The van der Waals surface area contributed by atoms with Gasteiger partial charge in [-0.3, -0.25) is 0 Å². The van der Waals surface area contributed by atoms with Gasteiger partial charge in [0, 0.05) is 0 Å². The van der Waals surface area contributed by atoms with E-state index in [0.717, 1.165) is 0 Å². The van der Waals surface area contributed by atoms with Crippen molar-refractivity contribution in [1.29, 1.82) is 0 Å². The van der Waals surface area contributed by atoms with Gasteiger partial charge in [0.25, 0.3) is 0 Å². The van der Waals surface area contributed by atoms with Crippen LogP contribution in [0.1, 0.15) is 0 Å². The van der Waals surface area contributed by atoms with Crippen LogP contribution >= 0.6 is 28.0 Å². The van der Waals surface area contributed by atoms with Crippen LogP contribution in [0, 0.1) is 0 Å². The molecule has 0 nitrogen and oxygen atoms in total. The van der Waals surface area contributed by atoms with Gasteiger partial charge in [-0.15, -0.1) is 0 Å². The van der Waals surface area contributed by atoms with Crippen LogP contribution in [0.15, 0.2) is 0 Å². The molecule has 0 atom stereocenters. The molecule has 0 bridgehead atoms. The number of halogens is 4. The average Bonchev–Trinajstić information content (AvgIpc) is 0.722. The first-order valence-corrected chi connectivity index (χ1v) is 12.2. The molecule has 0 aromatic heterocycles. The summed E-state index contributed by atoms with van der Waals surface area (Å²) in [7, 11) is -4.38. The van der Waals surface area contributed by atoms with Gasteiger partial charge >= 0.3 is 45.5 Å². The van der Waals surface area contributed by atoms with Crippen molar-refractivity contribution in [3.63, 3.8) is 0 Å². The van der Waals surface area contributed by atoms with E-state index in [4.69, 9.17) is 0 Å². The predicted octanol–water partition coefficient (Wildman–Crippen LogP) is 2.15. The SMILES string of the molecule is [F][Ge]([F])([Br])[Br]. The van der Waals surface area contributed by atoms with Gasteiger partial charge in [-0.25, -0.2) is 0 Å². The molecule has 5 heavy (non-hydrogen) atoms. The van der Waals surface area contributed by atoms with Crippen LogP contribution in [0.25, 0.3) is 0 Å². The fourth-order valence-corrected chi connectivity index (χ4v) is 0. The molecule has 0 aliphatic rings. The minimum atomic E-state index is -4.38. The first-order valence-electron chi connectivity index (χ1n) is 0.756. The zero-order valence-electron chi connectivity index (χ0n) is 2.01. The van der Waals surface area contributed by atoms with Gasteiger partial charge in [0.1, 0.15) is 0 Å². The Balaban J connectivity index is 3.02. The number of hydrogen-bond donors (Lipinski definition) is 0. The van der Waals surface area contributed by atoms with Crippen LogP contribution in [-0.4, -0.2) is 10.5 Å². The molecule has 0 saturated heterocycles. The molecule has 0 heterocycles. The summed E-state index contributed by atoms with van der Waals surface area (Å²) in [5, 5.41) is 0. The molecule has 0 spiro atoms. The standard InChI is InChI=1S/Br2F2Ge/c1-5(2,3)4. The van der Waals surface area contributed by atoms with Crippen LogP contribution in [0.4, 0.5) is 7.00 Å². The molecule has 0 amide bonds. The fraction of sp³-hybridized carbons (Fsp3) is 0. The average molecular weight is 270 g/mol. The molecule has 5 heteroatoms. The molecule has 0 unspecified atom stereocenters. The van der Waals surface area contributed by atoms with Crippen molar-refractivity contribution in [3.05, 3.63) is 0 Å². The quantitative estimate of drug-likeness (QED) is 0.592. The van der Waals surface area contributed by atoms with E-state index in [9.17, 15) is 7.00 Å². The first-order chi connectivity index (χ1) is 2.00. The zero-order valence-corrected chi connectivity index (χ0v) is 7.28. The Morgan fingerprint density at radius 1 is 1.20 bits per heavy atom. The molecular weight excluding hydrogens is 270 g/mol. The van der Waals surface area contributed by atoms with Crippen molar-refractivity contribution in [3.8, 4) is 0 Å². The van der Waals surface area contributed by atoms with Gasteiger partial charge in [-0.05, 0) is 0 Å². The van der Waals surface area contributed by atoms with Crippen molar-refractivity contribution >= 4 is 38.5 Å². The molecule has 0 aliphatic heterocycles. The molecule has 0 rings (SSSR count). The number of rotatable bonds is 0. The van der Waals surface area contributed by atoms with Gasteiger partial charge in [0.15, 0.2) is 0 Å². The summed E-state index contributed by atoms with van der Waals surface area (Å²) in [6.45, 7) is 0. The first kappa shape index (κ1) is 6.36. The van der Waals surface area contributed by atoms with E-state index in [0.29, 0.717) is 0 Å². The van der Waals surface area contributed by atoms with Crippen LogP contribution in [0.2, 0.25) is 0 Å². The maximum absolute atomic E-state index is 11.0. The van der Waals surface area contributed by atoms with Crippen molar-refractivity contribution in [2.45, 2.75) is 0 Å². The molecule has 0 N–H and O–H groups in total. The van der Waals surface area contributed by atoms with Crippen molar-refractivity contribution in [2.24, 2.45) is 0 Å². The Hall–Kier alpha value is 1.36. The second kappa shape index (κ2) is 1.88. The molecular formula is Br2F2Ge. The zero-order chi connectivity index (χ0) is 4.50. The van der Waals surface area contributed by atoms with E-state index < -0.39 is 10.5 Å². The van der Waals surface area contributed by atoms with E-state index in [1.165, 1.54) is 0 Å². The Morgan fingerprint density at radius 3 is 1.20 bits per heavy atom.